The molecule has 0 bridgehead atoms. The summed E-state index contributed by atoms with van der Waals surface area (Å²) in [6, 6.07) is 15.7. The van der Waals surface area contributed by atoms with E-state index in [0.717, 1.165) is 21.0 Å². The number of benzene rings is 2. The molecule has 3 aromatic rings. The van der Waals surface area contributed by atoms with Crippen LogP contribution in [0.15, 0.2) is 59.4 Å². The summed E-state index contributed by atoms with van der Waals surface area (Å²) in [5.74, 6) is -1.56. The molecule has 3 rings (SSSR count). The molecule has 2 aromatic carbocycles. The molecule has 1 amide bonds. The van der Waals surface area contributed by atoms with Gasteiger partial charge in [0.2, 0.25) is 5.91 Å². The first-order valence-electron chi connectivity index (χ1n) is 9.43. The molecule has 0 radical (unpaired) electrons. The molecule has 150 valence electrons. The Morgan fingerprint density at radius 1 is 1.07 bits per heavy atom. The lowest BCUT2D eigenvalue weighted by molar-refractivity contribution is -0.142. The van der Waals surface area contributed by atoms with Gasteiger partial charge in [0.15, 0.2) is 0 Å². The lowest BCUT2D eigenvalue weighted by Gasteiger charge is -2.16. The first-order valence-corrected chi connectivity index (χ1v) is 9.43. The molecule has 7 nitrogen and oxygen atoms in total. The van der Waals surface area contributed by atoms with Crippen molar-refractivity contribution in [1.82, 2.24) is 15.1 Å². The molecule has 0 spiro atoms. The van der Waals surface area contributed by atoms with Crippen molar-refractivity contribution >= 4 is 22.6 Å². The third-order valence-electron chi connectivity index (χ3n) is 4.55. The predicted molar refractivity (Wildman–Crippen MR) is 110 cm³/mol. The second-order valence-electron chi connectivity index (χ2n) is 7.36. The van der Waals surface area contributed by atoms with E-state index in [0.29, 0.717) is 12.1 Å². The molecule has 0 fully saturated rings. The van der Waals surface area contributed by atoms with Gasteiger partial charge in [-0.2, -0.15) is 5.10 Å². The molecule has 1 heterocycles. The minimum absolute atomic E-state index is 0.105. The minimum Gasteiger partial charge on any atom is -0.480 e. The van der Waals surface area contributed by atoms with Gasteiger partial charge in [-0.05, 0) is 35.2 Å². The SMILES string of the molecule is CC(C)C[C@H](NC(=O)Cn1nc(-c2ccc3ccccc3c2)ccc1=O)C(=O)O. The van der Waals surface area contributed by atoms with Crippen LogP contribution in [0.25, 0.3) is 22.0 Å². The smallest absolute Gasteiger partial charge is 0.326 e. The number of nitrogens with zero attached hydrogens (tertiary/aromatic N) is 2. The number of hydrogen-bond acceptors (Lipinski definition) is 4. The first-order chi connectivity index (χ1) is 13.8. The monoisotopic (exact) mass is 393 g/mol. The van der Waals surface area contributed by atoms with E-state index in [1.54, 1.807) is 6.07 Å². The van der Waals surface area contributed by atoms with Crippen LogP contribution >= 0.6 is 0 Å². The Balaban J connectivity index is 1.82. The summed E-state index contributed by atoms with van der Waals surface area (Å²) in [4.78, 5) is 35.8. The quantitative estimate of drug-likeness (QED) is 0.643. The van der Waals surface area contributed by atoms with Crippen molar-refractivity contribution in [3.63, 3.8) is 0 Å². The van der Waals surface area contributed by atoms with Crippen molar-refractivity contribution in [3.8, 4) is 11.3 Å². The molecule has 0 saturated carbocycles. The van der Waals surface area contributed by atoms with Crippen molar-refractivity contribution in [1.29, 1.82) is 0 Å². The van der Waals surface area contributed by atoms with Gasteiger partial charge >= 0.3 is 5.97 Å². The number of aromatic nitrogens is 2. The number of carbonyl (C=O) groups is 2. The summed E-state index contributed by atoms with van der Waals surface area (Å²) < 4.78 is 1.05. The van der Waals surface area contributed by atoms with E-state index in [-0.39, 0.29) is 12.5 Å². The van der Waals surface area contributed by atoms with Crippen LogP contribution in [0.4, 0.5) is 0 Å². The molecule has 29 heavy (non-hydrogen) atoms. The summed E-state index contributed by atoms with van der Waals surface area (Å²) in [5, 5.41) is 18.2. The maximum Gasteiger partial charge on any atom is 0.326 e. The van der Waals surface area contributed by atoms with Crippen molar-refractivity contribution in [3.05, 3.63) is 65.0 Å². The van der Waals surface area contributed by atoms with E-state index in [9.17, 15) is 19.5 Å². The van der Waals surface area contributed by atoms with Crippen LogP contribution in [0.5, 0.6) is 0 Å². The van der Waals surface area contributed by atoms with Crippen LogP contribution in [-0.2, 0) is 16.1 Å². The first kappa shape index (κ1) is 20.3. The zero-order chi connectivity index (χ0) is 21.0. The molecule has 0 aliphatic carbocycles. The van der Waals surface area contributed by atoms with Gasteiger partial charge in [0.05, 0.1) is 5.69 Å². The fraction of sp³-hybridized carbons (Fsp3) is 0.273. The topological polar surface area (TPSA) is 101 Å². The lowest BCUT2D eigenvalue weighted by Crippen LogP contribution is -2.44. The van der Waals surface area contributed by atoms with Gasteiger partial charge in [0.1, 0.15) is 12.6 Å². The highest BCUT2D eigenvalue weighted by atomic mass is 16.4. The average molecular weight is 393 g/mol. The van der Waals surface area contributed by atoms with Gasteiger partial charge in [-0.3, -0.25) is 9.59 Å². The molecule has 0 unspecified atom stereocenters. The summed E-state index contributed by atoms with van der Waals surface area (Å²) in [7, 11) is 0. The van der Waals surface area contributed by atoms with Crippen LogP contribution in [0, 0.1) is 5.92 Å². The van der Waals surface area contributed by atoms with Gasteiger partial charge in [0.25, 0.3) is 5.56 Å². The number of hydrogen-bond donors (Lipinski definition) is 2. The summed E-state index contributed by atoms with van der Waals surface area (Å²) in [6.07, 6.45) is 0.306. The van der Waals surface area contributed by atoms with Crippen molar-refractivity contribution in [2.45, 2.75) is 32.9 Å². The Morgan fingerprint density at radius 3 is 2.48 bits per heavy atom. The predicted octanol–water partition coefficient (Wildman–Crippen LogP) is 2.68. The van der Waals surface area contributed by atoms with E-state index >= 15 is 0 Å². The second kappa shape index (κ2) is 8.68. The van der Waals surface area contributed by atoms with E-state index in [1.165, 1.54) is 6.07 Å². The number of carbonyl (C=O) groups excluding carboxylic acids is 1. The van der Waals surface area contributed by atoms with Gasteiger partial charge in [0, 0.05) is 11.6 Å². The van der Waals surface area contributed by atoms with Gasteiger partial charge in [-0.1, -0.05) is 50.2 Å². The molecule has 0 aliphatic rings. The molecule has 0 saturated heterocycles. The highest BCUT2D eigenvalue weighted by molar-refractivity contribution is 5.86. The van der Waals surface area contributed by atoms with Gasteiger partial charge < -0.3 is 10.4 Å². The molecule has 1 aromatic heterocycles. The molecule has 2 N–H and O–H groups in total. The number of carboxylic acid groups (broad SMARTS) is 1. The Kier molecular flexibility index (Phi) is 6.07. The largest absolute Gasteiger partial charge is 0.480 e. The van der Waals surface area contributed by atoms with E-state index in [4.69, 9.17) is 0 Å². The highest BCUT2D eigenvalue weighted by Crippen LogP contribution is 2.22. The van der Waals surface area contributed by atoms with Gasteiger partial charge in [-0.15, -0.1) is 0 Å². The Labute approximate surface area is 168 Å². The van der Waals surface area contributed by atoms with Crippen LogP contribution in [0.1, 0.15) is 20.3 Å². The minimum atomic E-state index is -1.10. The zero-order valence-corrected chi connectivity index (χ0v) is 16.3. The van der Waals surface area contributed by atoms with Crippen LogP contribution < -0.4 is 10.9 Å². The molecular formula is C22H23N3O4. The van der Waals surface area contributed by atoms with Crippen LogP contribution in [0.3, 0.4) is 0 Å². The number of amides is 1. The lowest BCUT2D eigenvalue weighted by atomic mass is 10.0. The van der Waals surface area contributed by atoms with Gasteiger partial charge in [-0.25, -0.2) is 9.48 Å². The Bertz CT molecular complexity index is 1100. The zero-order valence-electron chi connectivity index (χ0n) is 16.3. The molecule has 0 aliphatic heterocycles. The molecular weight excluding hydrogens is 370 g/mol. The van der Waals surface area contributed by atoms with Crippen molar-refractivity contribution < 1.29 is 14.7 Å². The maximum absolute atomic E-state index is 12.3. The number of fused-ring (bicyclic) bond motifs is 1. The van der Waals surface area contributed by atoms with E-state index in [2.05, 4.69) is 10.4 Å². The average Bonchev–Trinajstić information content (AvgIpc) is 2.68. The Morgan fingerprint density at radius 2 is 1.79 bits per heavy atom. The van der Waals surface area contributed by atoms with Crippen molar-refractivity contribution in [2.75, 3.05) is 0 Å². The van der Waals surface area contributed by atoms with Crippen LogP contribution in [0.2, 0.25) is 0 Å². The van der Waals surface area contributed by atoms with Crippen molar-refractivity contribution in [2.24, 2.45) is 5.92 Å². The third kappa shape index (κ3) is 5.07. The number of rotatable bonds is 7. The summed E-state index contributed by atoms with van der Waals surface area (Å²) >= 11 is 0. The highest BCUT2D eigenvalue weighted by Gasteiger charge is 2.21. The summed E-state index contributed by atoms with van der Waals surface area (Å²) in [6.45, 7) is 3.41. The summed E-state index contributed by atoms with van der Waals surface area (Å²) in [5.41, 5.74) is 0.946. The molecule has 1 atom stereocenters. The fourth-order valence-electron chi connectivity index (χ4n) is 3.13. The number of carboxylic acids is 1. The normalized spacial score (nSPS) is 12.1. The van der Waals surface area contributed by atoms with E-state index < -0.39 is 23.5 Å². The number of nitrogens with one attached hydrogen (secondary N) is 1. The van der Waals surface area contributed by atoms with Crippen LogP contribution in [-0.4, -0.2) is 32.8 Å². The maximum atomic E-state index is 12.3. The standard InChI is InChI=1S/C22H23N3O4/c1-14(2)11-19(22(28)29)23-20(26)13-25-21(27)10-9-18(24-25)17-8-7-15-5-3-4-6-16(15)12-17/h3-10,12,14,19H,11,13H2,1-2H3,(H,23,26)(H,28,29)/t19-/m0/s1. The Hall–Kier alpha value is -3.48. The number of aliphatic carboxylic acids is 1. The second-order valence-corrected chi connectivity index (χ2v) is 7.36. The van der Waals surface area contributed by atoms with E-state index in [1.807, 2.05) is 56.3 Å². The third-order valence-corrected chi connectivity index (χ3v) is 4.55. The fourth-order valence-corrected chi connectivity index (χ4v) is 3.13. The molecule has 7 heteroatoms.